The van der Waals surface area contributed by atoms with E-state index >= 15 is 0 Å². The minimum absolute atomic E-state index is 0.0905. The molecular weight excluding hydrogens is 560 g/mol. The van der Waals surface area contributed by atoms with Gasteiger partial charge in [-0.05, 0) is 0 Å². The molecule has 4 aromatic carbocycles. The van der Waals surface area contributed by atoms with Crippen molar-refractivity contribution >= 4 is 58.4 Å². The third-order valence-corrected chi connectivity index (χ3v) is 13.3. The van der Waals surface area contributed by atoms with Crippen LogP contribution in [0.25, 0.3) is 0 Å². The van der Waals surface area contributed by atoms with Crippen LogP contribution in [0.15, 0.2) is 96.2 Å². The van der Waals surface area contributed by atoms with E-state index in [2.05, 4.69) is 118 Å². The molecule has 1 aliphatic carbocycles. The van der Waals surface area contributed by atoms with Crippen LogP contribution in [0.5, 0.6) is 0 Å². The molecule has 3 aliphatic heterocycles. The summed E-state index contributed by atoms with van der Waals surface area (Å²) in [5.41, 5.74) is 15.4. The summed E-state index contributed by atoms with van der Waals surface area (Å²) in [6.45, 7) is 10.0. The molecule has 0 bridgehead atoms. The molecular formula is C38H38BNSe. The number of hydrogen-bond acceptors (Lipinski definition) is 1. The van der Waals surface area contributed by atoms with Gasteiger partial charge in [-0.3, -0.25) is 0 Å². The van der Waals surface area contributed by atoms with E-state index in [1.165, 1.54) is 53.5 Å². The van der Waals surface area contributed by atoms with Gasteiger partial charge in [0, 0.05) is 0 Å². The van der Waals surface area contributed by atoms with Crippen LogP contribution in [0.1, 0.15) is 82.9 Å². The summed E-state index contributed by atoms with van der Waals surface area (Å²) in [6, 6.07) is 33.3. The quantitative estimate of drug-likeness (QED) is 0.236. The van der Waals surface area contributed by atoms with E-state index in [0.29, 0.717) is 6.71 Å². The molecule has 0 spiro atoms. The number of nitrogens with zero attached hydrogens (tertiary/aromatic N) is 1. The van der Waals surface area contributed by atoms with Crippen LogP contribution < -0.4 is 30.2 Å². The number of fused-ring (bicyclic) bond motifs is 5. The third kappa shape index (κ3) is 3.43. The predicted octanol–water partition coefficient (Wildman–Crippen LogP) is 5.85. The molecule has 0 radical (unpaired) electrons. The van der Waals surface area contributed by atoms with Crippen molar-refractivity contribution in [2.24, 2.45) is 0 Å². The van der Waals surface area contributed by atoms with Crippen LogP contribution in [0.4, 0.5) is 11.4 Å². The molecule has 0 N–H and O–H groups in total. The second-order valence-electron chi connectivity index (χ2n) is 13.0. The monoisotopic (exact) mass is 599 g/mol. The zero-order chi connectivity index (χ0) is 27.9. The molecule has 204 valence electrons. The Kier molecular flexibility index (Phi) is 5.80. The number of allylic oxidation sites excluding steroid dienone is 2. The Labute approximate surface area is 252 Å². The van der Waals surface area contributed by atoms with Gasteiger partial charge in [0.05, 0.1) is 0 Å². The van der Waals surface area contributed by atoms with Gasteiger partial charge in [0.1, 0.15) is 0 Å². The van der Waals surface area contributed by atoms with Crippen LogP contribution in [0, 0.1) is 0 Å². The molecule has 0 aromatic heterocycles. The van der Waals surface area contributed by atoms with Crippen molar-refractivity contribution in [1.82, 2.24) is 0 Å². The molecule has 8 rings (SSSR count). The van der Waals surface area contributed by atoms with Gasteiger partial charge in [0.2, 0.25) is 0 Å². The van der Waals surface area contributed by atoms with Crippen LogP contribution >= 0.6 is 0 Å². The standard InChI is InChI=1S/C38H38BNSe/c1-5-38(6-2)26-14-7-10-18-30(26)39-31-23-22-25(24-35(31)41-34-21-13-17-29(38)36(34)39)40-32-19-11-8-15-27(32)37(3,4)28-16-9-12-20-33(28)40/h7-8,10-11,13-15,17-19,21-24H,5-6,9,12,16,20H2,1-4H3. The van der Waals surface area contributed by atoms with Gasteiger partial charge in [0.15, 0.2) is 0 Å². The van der Waals surface area contributed by atoms with E-state index in [-0.39, 0.29) is 25.8 Å². The molecule has 1 nitrogen and oxygen atoms in total. The molecule has 0 saturated carbocycles. The Morgan fingerprint density at radius 1 is 0.732 bits per heavy atom. The zero-order valence-corrected chi connectivity index (χ0v) is 26.5. The summed E-state index contributed by atoms with van der Waals surface area (Å²) in [4.78, 5) is 2.64. The molecule has 0 saturated heterocycles. The summed E-state index contributed by atoms with van der Waals surface area (Å²) >= 11 is 0.283. The van der Waals surface area contributed by atoms with Gasteiger partial charge in [0.25, 0.3) is 0 Å². The molecule has 3 heteroatoms. The second-order valence-corrected chi connectivity index (χ2v) is 15.2. The van der Waals surface area contributed by atoms with Crippen molar-refractivity contribution in [2.75, 3.05) is 4.90 Å². The summed E-state index contributed by atoms with van der Waals surface area (Å²) in [5.74, 6) is 0. The first-order valence-electron chi connectivity index (χ1n) is 15.7. The van der Waals surface area contributed by atoms with E-state index in [1.54, 1.807) is 36.8 Å². The Balaban J connectivity index is 1.33. The Morgan fingerprint density at radius 2 is 1.46 bits per heavy atom. The average molecular weight is 599 g/mol. The van der Waals surface area contributed by atoms with Crippen molar-refractivity contribution in [3.63, 3.8) is 0 Å². The minimum atomic E-state index is 0.0905. The predicted molar refractivity (Wildman–Crippen MR) is 177 cm³/mol. The first-order chi connectivity index (χ1) is 20.0. The summed E-state index contributed by atoms with van der Waals surface area (Å²) in [7, 11) is 0. The molecule has 0 fully saturated rings. The van der Waals surface area contributed by atoms with Gasteiger partial charge in [-0.15, -0.1) is 0 Å². The Morgan fingerprint density at radius 3 is 2.29 bits per heavy atom. The van der Waals surface area contributed by atoms with E-state index in [0.717, 1.165) is 12.8 Å². The fraction of sp³-hybridized carbons (Fsp3) is 0.316. The topological polar surface area (TPSA) is 3.24 Å². The van der Waals surface area contributed by atoms with Crippen molar-refractivity contribution < 1.29 is 0 Å². The van der Waals surface area contributed by atoms with E-state index < -0.39 is 0 Å². The van der Waals surface area contributed by atoms with Crippen LogP contribution in [0.3, 0.4) is 0 Å². The van der Waals surface area contributed by atoms with Crippen molar-refractivity contribution in [2.45, 2.75) is 77.0 Å². The number of rotatable bonds is 3. The van der Waals surface area contributed by atoms with Gasteiger partial charge in [-0.25, -0.2) is 0 Å². The fourth-order valence-corrected chi connectivity index (χ4v) is 11.4. The van der Waals surface area contributed by atoms with E-state index in [4.69, 9.17) is 0 Å². The second kappa shape index (κ2) is 9.25. The molecule has 4 aliphatic rings. The third-order valence-electron chi connectivity index (χ3n) is 10.9. The number of hydrogen-bond donors (Lipinski definition) is 0. The van der Waals surface area contributed by atoms with Crippen LogP contribution in [-0.4, -0.2) is 21.7 Å². The Bertz CT molecular complexity index is 1740. The number of anilines is 2. The van der Waals surface area contributed by atoms with Gasteiger partial charge in [-0.1, -0.05) is 0 Å². The van der Waals surface area contributed by atoms with Gasteiger partial charge in [-0.2, -0.15) is 0 Å². The average Bonchev–Trinajstić information content (AvgIpc) is 3.01. The normalized spacial score (nSPS) is 19.1. The molecule has 4 aromatic rings. The Hall–Kier alpha value is -3.00. The van der Waals surface area contributed by atoms with Crippen LogP contribution in [-0.2, 0) is 10.8 Å². The van der Waals surface area contributed by atoms with Gasteiger partial charge < -0.3 is 0 Å². The number of benzene rings is 4. The molecule has 0 unspecified atom stereocenters. The van der Waals surface area contributed by atoms with Crippen molar-refractivity contribution in [3.8, 4) is 0 Å². The molecule has 3 heterocycles. The van der Waals surface area contributed by atoms with Crippen LogP contribution in [0.2, 0.25) is 0 Å². The molecule has 0 atom stereocenters. The fourth-order valence-electron chi connectivity index (χ4n) is 8.88. The SMILES string of the molecule is CCC1(CC)c2ccccc2B2c3ccc(N4C5=C(CCCC5)C(C)(C)c5ccccc54)cc3[Se]c3cccc1c32. The zero-order valence-electron chi connectivity index (χ0n) is 24.8. The summed E-state index contributed by atoms with van der Waals surface area (Å²) < 4.78 is 3.14. The first kappa shape index (κ1) is 25.7. The first-order valence-corrected chi connectivity index (χ1v) is 17.4. The van der Waals surface area contributed by atoms with Crippen molar-refractivity contribution in [3.05, 3.63) is 113 Å². The van der Waals surface area contributed by atoms with Crippen molar-refractivity contribution in [1.29, 1.82) is 0 Å². The maximum absolute atomic E-state index is 2.64. The summed E-state index contributed by atoms with van der Waals surface area (Å²) in [6.07, 6.45) is 7.27. The maximum atomic E-state index is 2.64. The summed E-state index contributed by atoms with van der Waals surface area (Å²) in [5, 5.41) is 0. The van der Waals surface area contributed by atoms with Gasteiger partial charge >= 0.3 is 253 Å². The van der Waals surface area contributed by atoms with E-state index in [1.807, 2.05) is 0 Å². The molecule has 41 heavy (non-hydrogen) atoms. The molecule has 0 amide bonds. The number of para-hydroxylation sites is 1. The van der Waals surface area contributed by atoms with E-state index in [9.17, 15) is 0 Å².